The maximum atomic E-state index is 12.1. The van der Waals surface area contributed by atoms with Crippen molar-refractivity contribution in [2.45, 2.75) is 31.9 Å². The minimum Gasteiger partial charge on any atom is -0.435 e. The number of benzene rings is 1. The topological polar surface area (TPSA) is 21.3 Å². The molecular formula is C13H15F2NO. The van der Waals surface area contributed by atoms with Gasteiger partial charge in [-0.1, -0.05) is 6.07 Å². The zero-order chi connectivity index (χ0) is 11.8. The highest BCUT2D eigenvalue weighted by Gasteiger charge is 2.34. The minimum atomic E-state index is -2.74. The number of piperidine rings is 1. The number of halogens is 2. The number of rotatable bonds is 2. The van der Waals surface area contributed by atoms with Gasteiger partial charge in [0.2, 0.25) is 0 Å². The lowest BCUT2D eigenvalue weighted by Gasteiger charge is -2.27. The number of nitrogens with one attached hydrogen (secondary N) is 1. The number of alkyl halides is 2. The molecular weight excluding hydrogens is 224 g/mol. The van der Waals surface area contributed by atoms with Crippen LogP contribution in [0, 0.1) is 5.92 Å². The summed E-state index contributed by atoms with van der Waals surface area (Å²) in [6.45, 7) is -1.69. The zero-order valence-electron chi connectivity index (χ0n) is 9.46. The van der Waals surface area contributed by atoms with Crippen LogP contribution in [0.3, 0.4) is 0 Å². The van der Waals surface area contributed by atoms with Crippen molar-refractivity contribution >= 4 is 0 Å². The maximum Gasteiger partial charge on any atom is 0.387 e. The van der Waals surface area contributed by atoms with Crippen molar-refractivity contribution in [2.75, 3.05) is 6.54 Å². The summed E-state index contributed by atoms with van der Waals surface area (Å²) < 4.78 is 28.7. The summed E-state index contributed by atoms with van der Waals surface area (Å²) in [4.78, 5) is 0. The molecule has 1 aromatic rings. The van der Waals surface area contributed by atoms with E-state index in [1.54, 1.807) is 12.1 Å². The number of hydrogen-bond donors (Lipinski definition) is 1. The second kappa shape index (κ2) is 4.26. The van der Waals surface area contributed by atoms with E-state index in [1.807, 2.05) is 6.07 Å². The predicted octanol–water partition coefficient (Wildman–Crippen LogP) is 2.88. The molecule has 0 bridgehead atoms. The molecule has 1 saturated heterocycles. The van der Waals surface area contributed by atoms with Gasteiger partial charge in [0.15, 0.2) is 0 Å². The first-order valence-electron chi connectivity index (χ1n) is 6.05. The molecule has 4 heteroatoms. The van der Waals surface area contributed by atoms with E-state index in [4.69, 9.17) is 0 Å². The highest BCUT2D eigenvalue weighted by Crippen LogP contribution is 2.41. The van der Waals surface area contributed by atoms with Crippen molar-refractivity contribution in [3.05, 3.63) is 29.3 Å². The van der Waals surface area contributed by atoms with Gasteiger partial charge in [-0.15, -0.1) is 0 Å². The smallest absolute Gasteiger partial charge is 0.387 e. The molecule has 0 aromatic heterocycles. The lowest BCUT2D eigenvalue weighted by atomic mass is 9.92. The van der Waals surface area contributed by atoms with Crippen molar-refractivity contribution in [3.8, 4) is 5.75 Å². The first-order valence-corrected chi connectivity index (χ1v) is 6.05. The Kier molecular flexibility index (Phi) is 2.74. The van der Waals surface area contributed by atoms with Crippen LogP contribution in [-0.2, 0) is 6.42 Å². The third kappa shape index (κ3) is 2.02. The molecule has 3 rings (SSSR count). The molecule has 1 aromatic carbocycles. The zero-order valence-corrected chi connectivity index (χ0v) is 9.46. The number of hydrogen-bond acceptors (Lipinski definition) is 2. The van der Waals surface area contributed by atoms with Gasteiger partial charge in [0.05, 0.1) is 0 Å². The first kappa shape index (κ1) is 11.0. The van der Waals surface area contributed by atoms with E-state index in [1.165, 1.54) is 18.4 Å². The second-order valence-corrected chi connectivity index (χ2v) is 4.78. The molecule has 1 aliphatic carbocycles. The molecule has 0 amide bonds. The van der Waals surface area contributed by atoms with E-state index in [0.29, 0.717) is 12.0 Å². The Morgan fingerprint density at radius 3 is 3.06 bits per heavy atom. The molecule has 0 saturated carbocycles. The summed E-state index contributed by atoms with van der Waals surface area (Å²) in [5, 5.41) is 3.51. The van der Waals surface area contributed by atoms with Crippen molar-refractivity contribution in [1.29, 1.82) is 0 Å². The Hall–Kier alpha value is -1.16. The molecule has 2 unspecified atom stereocenters. The van der Waals surface area contributed by atoms with Gasteiger partial charge in [-0.25, -0.2) is 0 Å². The highest BCUT2D eigenvalue weighted by molar-refractivity contribution is 5.41. The van der Waals surface area contributed by atoms with Crippen LogP contribution in [-0.4, -0.2) is 13.2 Å². The largest absolute Gasteiger partial charge is 0.435 e. The molecule has 0 spiro atoms. The fourth-order valence-corrected chi connectivity index (χ4v) is 3.06. The van der Waals surface area contributed by atoms with E-state index in [2.05, 4.69) is 10.1 Å². The lowest BCUT2D eigenvalue weighted by Crippen LogP contribution is -2.31. The van der Waals surface area contributed by atoms with Crippen LogP contribution in [0.4, 0.5) is 8.78 Å². The van der Waals surface area contributed by atoms with E-state index < -0.39 is 6.61 Å². The molecule has 1 heterocycles. The molecule has 1 N–H and O–H groups in total. The van der Waals surface area contributed by atoms with Crippen molar-refractivity contribution in [2.24, 2.45) is 5.92 Å². The van der Waals surface area contributed by atoms with E-state index in [-0.39, 0.29) is 5.75 Å². The molecule has 2 atom stereocenters. The van der Waals surface area contributed by atoms with Crippen LogP contribution in [0.2, 0.25) is 0 Å². The van der Waals surface area contributed by atoms with E-state index in [0.717, 1.165) is 18.5 Å². The van der Waals surface area contributed by atoms with Gasteiger partial charge in [-0.3, -0.25) is 0 Å². The van der Waals surface area contributed by atoms with Gasteiger partial charge in [0.1, 0.15) is 5.75 Å². The van der Waals surface area contributed by atoms with Crippen LogP contribution in [0.15, 0.2) is 18.2 Å². The average Bonchev–Trinajstić information content (AvgIpc) is 2.65. The van der Waals surface area contributed by atoms with Gasteiger partial charge in [-0.2, -0.15) is 8.78 Å². The quantitative estimate of drug-likeness (QED) is 0.856. The van der Waals surface area contributed by atoms with Crippen LogP contribution in [0.5, 0.6) is 5.75 Å². The fraction of sp³-hybridized carbons (Fsp3) is 0.538. The molecule has 92 valence electrons. The predicted molar refractivity (Wildman–Crippen MR) is 60.2 cm³/mol. The highest BCUT2D eigenvalue weighted by atomic mass is 19.3. The van der Waals surface area contributed by atoms with Gasteiger partial charge < -0.3 is 10.1 Å². The molecule has 1 aliphatic heterocycles. The average molecular weight is 239 g/mol. The van der Waals surface area contributed by atoms with Gasteiger partial charge in [0.25, 0.3) is 0 Å². The van der Waals surface area contributed by atoms with E-state index in [9.17, 15) is 8.78 Å². The standard InChI is InChI=1S/C13H15F2NO/c14-13(15)17-10-3-4-11-9(7-10)6-8-2-1-5-16-12(8)11/h3-4,7-8,12-13,16H,1-2,5-6H2. The summed E-state index contributed by atoms with van der Waals surface area (Å²) >= 11 is 0. The van der Waals surface area contributed by atoms with Crippen molar-refractivity contribution in [1.82, 2.24) is 5.32 Å². The molecule has 0 radical (unpaired) electrons. The Labute approximate surface area is 99.0 Å². The minimum absolute atomic E-state index is 0.275. The normalized spacial score (nSPS) is 26.8. The van der Waals surface area contributed by atoms with Crippen molar-refractivity contribution < 1.29 is 13.5 Å². The summed E-state index contributed by atoms with van der Waals surface area (Å²) in [7, 11) is 0. The van der Waals surface area contributed by atoms with Crippen molar-refractivity contribution in [3.63, 3.8) is 0 Å². The van der Waals surface area contributed by atoms with Gasteiger partial charge in [0, 0.05) is 6.04 Å². The lowest BCUT2D eigenvalue weighted by molar-refractivity contribution is -0.0498. The Balaban J connectivity index is 1.86. The maximum absolute atomic E-state index is 12.1. The van der Waals surface area contributed by atoms with Crippen LogP contribution in [0.1, 0.15) is 30.0 Å². The van der Waals surface area contributed by atoms with Gasteiger partial charge in [-0.05, 0) is 55.0 Å². The van der Waals surface area contributed by atoms with Crippen LogP contribution < -0.4 is 10.1 Å². The Bertz CT molecular complexity index is 422. The Morgan fingerprint density at radius 1 is 1.35 bits per heavy atom. The van der Waals surface area contributed by atoms with E-state index >= 15 is 0 Å². The Morgan fingerprint density at radius 2 is 2.24 bits per heavy atom. The summed E-state index contributed by atoms with van der Waals surface area (Å²) in [5.41, 5.74) is 2.42. The third-order valence-electron chi connectivity index (χ3n) is 3.74. The summed E-state index contributed by atoms with van der Waals surface area (Å²) in [6.07, 6.45) is 3.40. The van der Waals surface area contributed by atoms with Crippen LogP contribution in [0.25, 0.3) is 0 Å². The molecule has 2 nitrogen and oxygen atoms in total. The number of ether oxygens (including phenoxy) is 1. The molecule has 2 aliphatic rings. The fourth-order valence-electron chi connectivity index (χ4n) is 3.06. The second-order valence-electron chi connectivity index (χ2n) is 4.78. The SMILES string of the molecule is FC(F)Oc1ccc2c(c1)CC1CCCNC21. The summed E-state index contributed by atoms with van der Waals surface area (Å²) in [5.74, 6) is 0.901. The summed E-state index contributed by atoms with van der Waals surface area (Å²) in [6, 6.07) is 5.75. The monoisotopic (exact) mass is 239 g/mol. The third-order valence-corrected chi connectivity index (χ3v) is 3.74. The number of fused-ring (bicyclic) bond motifs is 3. The first-order chi connectivity index (χ1) is 8.24. The van der Waals surface area contributed by atoms with Crippen LogP contribution >= 0.6 is 0 Å². The molecule has 17 heavy (non-hydrogen) atoms. The van der Waals surface area contributed by atoms with Gasteiger partial charge >= 0.3 is 6.61 Å². The molecule has 1 fully saturated rings.